The number of nitrogens with one attached hydrogen (secondary N) is 1. The van der Waals surface area contributed by atoms with E-state index in [1.807, 2.05) is 6.92 Å². The number of rotatable bonds is 5. The quantitative estimate of drug-likeness (QED) is 0.582. The van der Waals surface area contributed by atoms with Gasteiger partial charge in [0.2, 0.25) is 5.91 Å². The topological polar surface area (TPSA) is 92.4 Å². The van der Waals surface area contributed by atoms with Gasteiger partial charge < -0.3 is 16.2 Å². The van der Waals surface area contributed by atoms with Crippen LogP contribution in [-0.2, 0) is 9.59 Å². The first-order chi connectivity index (χ1) is 6.40. The predicted molar refractivity (Wildman–Crippen MR) is 52.7 cm³/mol. The minimum Gasteiger partial charge on any atom is -0.480 e. The van der Waals surface area contributed by atoms with E-state index in [4.69, 9.17) is 10.8 Å². The van der Waals surface area contributed by atoms with E-state index in [1.165, 1.54) is 6.92 Å². The molecule has 0 aliphatic carbocycles. The molecule has 0 saturated carbocycles. The number of carboxylic acid groups (broad SMARTS) is 1. The fraction of sp³-hybridized carbons (Fsp3) is 0.778. The van der Waals surface area contributed by atoms with Crippen molar-refractivity contribution in [2.75, 3.05) is 0 Å². The Morgan fingerprint density at radius 2 is 1.93 bits per heavy atom. The summed E-state index contributed by atoms with van der Waals surface area (Å²) in [6.45, 7) is 5.17. The van der Waals surface area contributed by atoms with Crippen LogP contribution >= 0.6 is 0 Å². The Kier molecular flexibility index (Phi) is 5.15. The number of carbonyl (C=O) groups is 2. The second kappa shape index (κ2) is 5.59. The lowest BCUT2D eigenvalue weighted by molar-refractivity contribution is -0.143. The van der Waals surface area contributed by atoms with Crippen molar-refractivity contribution in [2.24, 2.45) is 11.7 Å². The zero-order chi connectivity index (χ0) is 11.3. The van der Waals surface area contributed by atoms with Gasteiger partial charge in [-0.15, -0.1) is 0 Å². The third-order valence-electron chi connectivity index (χ3n) is 2.19. The predicted octanol–water partition coefficient (Wildman–Crippen LogP) is -0.0509. The summed E-state index contributed by atoms with van der Waals surface area (Å²) >= 11 is 0. The van der Waals surface area contributed by atoms with Crippen molar-refractivity contribution >= 4 is 11.9 Å². The maximum absolute atomic E-state index is 11.2. The summed E-state index contributed by atoms with van der Waals surface area (Å²) in [6, 6.07) is -1.53. The van der Waals surface area contributed by atoms with Gasteiger partial charge in [0.25, 0.3) is 0 Å². The highest BCUT2D eigenvalue weighted by Crippen LogP contribution is 2.07. The lowest BCUT2D eigenvalue weighted by Gasteiger charge is -2.20. The van der Waals surface area contributed by atoms with Gasteiger partial charge in [-0.05, 0) is 12.8 Å². The van der Waals surface area contributed by atoms with Crippen LogP contribution in [0, 0.1) is 5.92 Å². The second-order valence-electron chi connectivity index (χ2n) is 3.50. The molecular weight excluding hydrogens is 184 g/mol. The largest absolute Gasteiger partial charge is 0.480 e. The van der Waals surface area contributed by atoms with Gasteiger partial charge in [0.1, 0.15) is 6.04 Å². The third-order valence-corrected chi connectivity index (χ3v) is 2.19. The van der Waals surface area contributed by atoms with Gasteiger partial charge in [0.05, 0.1) is 6.04 Å². The van der Waals surface area contributed by atoms with Crippen LogP contribution in [0.4, 0.5) is 0 Å². The van der Waals surface area contributed by atoms with Crippen LogP contribution in [0.1, 0.15) is 27.2 Å². The molecule has 5 nitrogen and oxygen atoms in total. The Hall–Kier alpha value is -1.10. The molecule has 0 bridgehead atoms. The van der Waals surface area contributed by atoms with Gasteiger partial charge in [0, 0.05) is 0 Å². The van der Waals surface area contributed by atoms with Crippen molar-refractivity contribution in [2.45, 2.75) is 39.3 Å². The maximum atomic E-state index is 11.2. The van der Waals surface area contributed by atoms with Crippen LogP contribution in [0.5, 0.6) is 0 Å². The lowest BCUT2D eigenvalue weighted by Crippen LogP contribution is -2.50. The lowest BCUT2D eigenvalue weighted by atomic mass is 9.99. The maximum Gasteiger partial charge on any atom is 0.326 e. The monoisotopic (exact) mass is 202 g/mol. The van der Waals surface area contributed by atoms with Crippen molar-refractivity contribution in [1.29, 1.82) is 0 Å². The number of hydrogen-bond acceptors (Lipinski definition) is 3. The van der Waals surface area contributed by atoms with Crippen LogP contribution in [0.25, 0.3) is 0 Å². The Labute approximate surface area is 83.7 Å². The van der Waals surface area contributed by atoms with E-state index in [-0.39, 0.29) is 5.92 Å². The molecule has 0 rings (SSSR count). The number of carboxylic acids is 1. The highest BCUT2D eigenvalue weighted by Gasteiger charge is 2.25. The van der Waals surface area contributed by atoms with Crippen LogP contribution < -0.4 is 11.1 Å². The van der Waals surface area contributed by atoms with E-state index in [9.17, 15) is 9.59 Å². The molecule has 1 amide bonds. The van der Waals surface area contributed by atoms with Crippen molar-refractivity contribution in [3.63, 3.8) is 0 Å². The Morgan fingerprint density at radius 1 is 1.43 bits per heavy atom. The average molecular weight is 202 g/mol. The Balaban J connectivity index is 4.38. The standard InChI is InChI=1S/C9H18N2O3/c1-4-5(2)7(9(13)14)11-8(12)6(3)10/h5-7H,4,10H2,1-3H3,(H,11,12)(H,13,14)/t5-,6-,7-/m0/s1. The van der Waals surface area contributed by atoms with E-state index >= 15 is 0 Å². The Bertz CT molecular complexity index is 216. The molecule has 82 valence electrons. The summed E-state index contributed by atoms with van der Waals surface area (Å²) in [7, 11) is 0. The summed E-state index contributed by atoms with van der Waals surface area (Å²) < 4.78 is 0. The fourth-order valence-corrected chi connectivity index (χ4v) is 0.968. The normalized spacial score (nSPS) is 16.9. The van der Waals surface area contributed by atoms with Crippen molar-refractivity contribution < 1.29 is 14.7 Å². The minimum absolute atomic E-state index is 0.102. The molecule has 0 aromatic rings. The molecule has 0 heterocycles. The zero-order valence-electron chi connectivity index (χ0n) is 8.78. The summed E-state index contributed by atoms with van der Waals surface area (Å²) in [6.07, 6.45) is 0.691. The van der Waals surface area contributed by atoms with E-state index in [1.54, 1.807) is 6.92 Å². The number of amides is 1. The van der Waals surface area contributed by atoms with Gasteiger partial charge in [0.15, 0.2) is 0 Å². The molecule has 0 unspecified atom stereocenters. The minimum atomic E-state index is -1.02. The van der Waals surface area contributed by atoms with Gasteiger partial charge in [-0.2, -0.15) is 0 Å². The molecule has 0 aliphatic rings. The third kappa shape index (κ3) is 3.74. The molecule has 0 aromatic carbocycles. The summed E-state index contributed by atoms with van der Waals surface area (Å²) in [5.41, 5.74) is 5.32. The number of nitrogens with two attached hydrogens (primary N) is 1. The molecular formula is C9H18N2O3. The molecule has 14 heavy (non-hydrogen) atoms. The Morgan fingerprint density at radius 3 is 2.21 bits per heavy atom. The molecule has 0 spiro atoms. The summed E-state index contributed by atoms with van der Waals surface area (Å²) in [4.78, 5) is 22.0. The van der Waals surface area contributed by atoms with Crippen molar-refractivity contribution in [3.05, 3.63) is 0 Å². The average Bonchev–Trinajstić information content (AvgIpc) is 2.11. The SMILES string of the molecule is CC[C@H](C)[C@H](NC(=O)[C@H](C)N)C(=O)O. The first kappa shape index (κ1) is 12.9. The van der Waals surface area contributed by atoms with Crippen molar-refractivity contribution in [1.82, 2.24) is 5.32 Å². The number of hydrogen-bond donors (Lipinski definition) is 3. The van der Waals surface area contributed by atoms with E-state index in [2.05, 4.69) is 5.32 Å². The molecule has 3 atom stereocenters. The number of aliphatic carboxylic acids is 1. The fourth-order valence-electron chi connectivity index (χ4n) is 0.968. The van der Waals surface area contributed by atoms with Crippen LogP contribution in [0.2, 0.25) is 0 Å². The molecule has 0 fully saturated rings. The highest BCUT2D eigenvalue weighted by atomic mass is 16.4. The van der Waals surface area contributed by atoms with Gasteiger partial charge in [-0.1, -0.05) is 20.3 Å². The molecule has 0 radical (unpaired) electrons. The van der Waals surface area contributed by atoms with E-state index in [0.29, 0.717) is 6.42 Å². The molecule has 0 aliphatic heterocycles. The molecule has 0 saturated heterocycles. The summed E-state index contributed by atoms with van der Waals surface area (Å²) in [5, 5.41) is 11.3. The smallest absolute Gasteiger partial charge is 0.326 e. The highest BCUT2D eigenvalue weighted by molar-refractivity contribution is 5.86. The first-order valence-corrected chi connectivity index (χ1v) is 4.68. The van der Waals surface area contributed by atoms with Gasteiger partial charge >= 0.3 is 5.97 Å². The van der Waals surface area contributed by atoms with Crippen molar-refractivity contribution in [3.8, 4) is 0 Å². The zero-order valence-corrected chi connectivity index (χ0v) is 8.78. The summed E-state index contributed by atoms with van der Waals surface area (Å²) in [5.74, 6) is -1.55. The van der Waals surface area contributed by atoms with Crippen LogP contribution in [0.3, 0.4) is 0 Å². The molecule has 0 aromatic heterocycles. The van der Waals surface area contributed by atoms with Gasteiger partial charge in [-0.3, -0.25) is 4.79 Å². The van der Waals surface area contributed by atoms with Crippen LogP contribution in [-0.4, -0.2) is 29.1 Å². The van der Waals surface area contributed by atoms with Crippen LogP contribution in [0.15, 0.2) is 0 Å². The van der Waals surface area contributed by atoms with E-state index < -0.39 is 24.0 Å². The first-order valence-electron chi connectivity index (χ1n) is 4.68. The van der Waals surface area contributed by atoms with Gasteiger partial charge in [-0.25, -0.2) is 4.79 Å². The number of carbonyl (C=O) groups excluding carboxylic acids is 1. The van der Waals surface area contributed by atoms with E-state index in [0.717, 1.165) is 0 Å². The second-order valence-corrected chi connectivity index (χ2v) is 3.50. The molecule has 5 heteroatoms. The molecule has 4 N–H and O–H groups in total.